The molecule has 0 aromatic rings. The van der Waals surface area contributed by atoms with Crippen LogP contribution in [0.25, 0.3) is 0 Å². The van der Waals surface area contributed by atoms with Crippen molar-refractivity contribution in [1.29, 1.82) is 0 Å². The lowest BCUT2D eigenvalue weighted by Gasteiger charge is -2.21. The molecule has 0 fully saturated rings. The van der Waals surface area contributed by atoms with Crippen LogP contribution in [0.3, 0.4) is 0 Å². The molecule has 0 aliphatic rings. The van der Waals surface area contributed by atoms with Gasteiger partial charge in [0.15, 0.2) is 12.2 Å². The summed E-state index contributed by atoms with van der Waals surface area (Å²) in [6.07, 6.45) is 51.6. The molecule has 0 aromatic heterocycles. The van der Waals surface area contributed by atoms with Crippen molar-refractivity contribution in [1.82, 2.24) is 0 Å². The number of rotatable bonds is 74. The molecule has 0 aromatic carbocycles. The first-order valence-electron chi connectivity index (χ1n) is 39.7. The van der Waals surface area contributed by atoms with Crippen LogP contribution in [-0.2, 0) is 65.4 Å². The van der Waals surface area contributed by atoms with Crippen molar-refractivity contribution in [3.63, 3.8) is 0 Å². The molecular weight excluding hydrogens is 1260 g/mol. The van der Waals surface area contributed by atoms with Crippen molar-refractivity contribution in [3.8, 4) is 0 Å². The number of carbonyl (C=O) groups is 4. The Morgan fingerprint density at radius 2 is 0.438 bits per heavy atom. The lowest BCUT2D eigenvalue weighted by Crippen LogP contribution is -2.30. The number of carbonyl (C=O) groups excluding carboxylic acids is 4. The third-order valence-electron chi connectivity index (χ3n) is 17.8. The molecule has 5 atom stereocenters. The topological polar surface area (TPSA) is 237 Å². The average molecular weight is 1410 g/mol. The number of aliphatic hydroxyl groups is 1. The van der Waals surface area contributed by atoms with E-state index in [2.05, 4.69) is 55.4 Å². The molecule has 0 rings (SSSR count). The molecule has 0 aliphatic heterocycles. The zero-order valence-corrected chi connectivity index (χ0v) is 64.8. The quantitative estimate of drug-likeness (QED) is 0.0222. The highest BCUT2D eigenvalue weighted by Crippen LogP contribution is 2.45. The molecule has 96 heavy (non-hydrogen) atoms. The summed E-state index contributed by atoms with van der Waals surface area (Å²) in [5.74, 6) is 0.887. The molecule has 0 aliphatic carbocycles. The summed E-state index contributed by atoms with van der Waals surface area (Å²) in [5, 5.41) is 10.6. The summed E-state index contributed by atoms with van der Waals surface area (Å²) in [4.78, 5) is 72.8. The highest BCUT2D eigenvalue weighted by molar-refractivity contribution is 7.47. The van der Waals surface area contributed by atoms with Crippen LogP contribution in [0.2, 0.25) is 0 Å². The minimum absolute atomic E-state index is 0.103. The molecule has 0 bridgehead atoms. The van der Waals surface area contributed by atoms with Gasteiger partial charge >= 0.3 is 39.5 Å². The summed E-state index contributed by atoms with van der Waals surface area (Å²) < 4.78 is 68.5. The predicted molar refractivity (Wildman–Crippen MR) is 391 cm³/mol. The van der Waals surface area contributed by atoms with E-state index in [0.717, 1.165) is 108 Å². The van der Waals surface area contributed by atoms with Crippen LogP contribution < -0.4 is 0 Å². The standard InChI is InChI=1S/C77H150O17P2/c1-67(2)53-45-37-29-23-19-15-11-9-13-17-21-25-33-41-49-57-74(79)87-63-73(94-77(82)60-52-44-36-28-32-40-48-56-70(7)8)66-92-96(85,86)90-62-71(78)61-89-95(83,84)91-65-72(64-88-75(80)58-50-42-35-27-31-39-47-55-69(5)6)93-76(81)59-51-43-34-26-22-18-14-10-12-16-20-24-30-38-46-54-68(3)4/h67-73,78H,9-66H2,1-8H3,(H,83,84)(H,85,86)/t71?,72-,73-/m1/s1. The highest BCUT2D eigenvalue weighted by Gasteiger charge is 2.30. The van der Waals surface area contributed by atoms with Gasteiger partial charge in [-0.3, -0.25) is 37.3 Å². The zero-order valence-electron chi connectivity index (χ0n) is 63.0. The molecule has 19 heteroatoms. The minimum atomic E-state index is -4.96. The Labute approximate surface area is 588 Å². The van der Waals surface area contributed by atoms with Gasteiger partial charge in [-0.2, -0.15) is 0 Å². The number of aliphatic hydroxyl groups excluding tert-OH is 1. The first kappa shape index (κ1) is 94.1. The van der Waals surface area contributed by atoms with Crippen LogP contribution in [0, 0.1) is 23.7 Å². The fraction of sp³-hybridized carbons (Fsp3) is 0.948. The molecule has 0 saturated carbocycles. The van der Waals surface area contributed by atoms with Crippen molar-refractivity contribution >= 4 is 39.5 Å². The van der Waals surface area contributed by atoms with Gasteiger partial charge in [0, 0.05) is 25.7 Å². The smallest absolute Gasteiger partial charge is 0.462 e. The van der Waals surface area contributed by atoms with Gasteiger partial charge in [0.05, 0.1) is 26.4 Å². The lowest BCUT2D eigenvalue weighted by molar-refractivity contribution is -0.161. The number of hydrogen-bond acceptors (Lipinski definition) is 15. The van der Waals surface area contributed by atoms with Gasteiger partial charge in [-0.25, -0.2) is 9.13 Å². The summed E-state index contributed by atoms with van der Waals surface area (Å²) in [6.45, 7) is 14.1. The summed E-state index contributed by atoms with van der Waals surface area (Å²) >= 11 is 0. The molecule has 3 unspecified atom stereocenters. The Kier molecular flexibility index (Phi) is 65.0. The van der Waals surface area contributed by atoms with Crippen molar-refractivity contribution < 1.29 is 80.2 Å². The lowest BCUT2D eigenvalue weighted by atomic mass is 10.0. The van der Waals surface area contributed by atoms with Gasteiger partial charge in [0.1, 0.15) is 19.3 Å². The molecule has 0 heterocycles. The van der Waals surface area contributed by atoms with Crippen LogP contribution in [0.15, 0.2) is 0 Å². The van der Waals surface area contributed by atoms with E-state index in [9.17, 15) is 43.2 Å². The van der Waals surface area contributed by atoms with Crippen molar-refractivity contribution in [3.05, 3.63) is 0 Å². The van der Waals surface area contributed by atoms with Crippen LogP contribution in [0.4, 0.5) is 0 Å². The second kappa shape index (κ2) is 66.3. The molecule has 17 nitrogen and oxygen atoms in total. The second-order valence-corrected chi connectivity index (χ2v) is 32.6. The zero-order chi connectivity index (χ0) is 71.0. The van der Waals surface area contributed by atoms with E-state index in [1.54, 1.807) is 0 Å². The predicted octanol–water partition coefficient (Wildman–Crippen LogP) is 22.4. The Morgan fingerprint density at radius 3 is 0.646 bits per heavy atom. The normalized spacial score (nSPS) is 14.1. The summed E-state index contributed by atoms with van der Waals surface area (Å²) in [7, 11) is -9.91. The molecule has 0 saturated heterocycles. The molecule has 0 radical (unpaired) electrons. The number of phosphoric ester groups is 2. The number of unbranched alkanes of at least 4 members (excludes halogenated alkanes) is 40. The van der Waals surface area contributed by atoms with E-state index in [1.807, 2.05) is 0 Å². The van der Waals surface area contributed by atoms with E-state index >= 15 is 0 Å². The number of hydrogen-bond donors (Lipinski definition) is 3. The van der Waals surface area contributed by atoms with Crippen LogP contribution in [0.5, 0.6) is 0 Å². The molecular formula is C77H150O17P2. The maximum atomic E-state index is 13.1. The number of phosphoric acid groups is 2. The Hall–Kier alpha value is -1.94. The monoisotopic (exact) mass is 1410 g/mol. The summed E-state index contributed by atoms with van der Waals surface area (Å²) in [6, 6.07) is 0. The first-order chi connectivity index (χ1) is 46.1. The fourth-order valence-corrected chi connectivity index (χ4v) is 13.3. The van der Waals surface area contributed by atoms with E-state index < -0.39 is 97.5 Å². The minimum Gasteiger partial charge on any atom is -0.462 e. The largest absolute Gasteiger partial charge is 0.472 e. The van der Waals surface area contributed by atoms with Crippen LogP contribution in [-0.4, -0.2) is 96.7 Å². The van der Waals surface area contributed by atoms with Crippen molar-refractivity contribution in [2.45, 2.75) is 408 Å². The third-order valence-corrected chi connectivity index (χ3v) is 19.7. The van der Waals surface area contributed by atoms with E-state index in [1.165, 1.54) is 186 Å². The number of ether oxygens (including phenoxy) is 4. The number of esters is 4. The van der Waals surface area contributed by atoms with Crippen molar-refractivity contribution in [2.75, 3.05) is 39.6 Å². The Balaban J connectivity index is 5.17. The maximum Gasteiger partial charge on any atom is 0.472 e. The fourth-order valence-electron chi connectivity index (χ4n) is 11.7. The highest BCUT2D eigenvalue weighted by atomic mass is 31.2. The van der Waals surface area contributed by atoms with Gasteiger partial charge in [-0.15, -0.1) is 0 Å². The van der Waals surface area contributed by atoms with E-state index in [4.69, 9.17) is 37.0 Å². The molecule has 0 spiro atoms. The summed E-state index contributed by atoms with van der Waals surface area (Å²) in [5.41, 5.74) is 0. The SMILES string of the molecule is CC(C)CCCCCCCCCCCCCCCCCC(=O)OC[C@H](COP(=O)(O)OCC(O)COP(=O)(O)OC[C@@H](COC(=O)CCCCCCCCCC(C)C)OC(=O)CCCCCCCCCCCCCCCCCC(C)C)OC(=O)CCCCCCCCCC(C)C. The maximum absolute atomic E-state index is 13.1. The Bertz CT molecular complexity index is 1880. The van der Waals surface area contributed by atoms with Gasteiger partial charge in [-0.1, -0.05) is 338 Å². The third kappa shape index (κ3) is 70.5. The van der Waals surface area contributed by atoms with Gasteiger partial charge in [0.2, 0.25) is 0 Å². The van der Waals surface area contributed by atoms with Crippen LogP contribution in [0.1, 0.15) is 389 Å². The van der Waals surface area contributed by atoms with Crippen LogP contribution >= 0.6 is 15.6 Å². The Morgan fingerprint density at radius 1 is 0.260 bits per heavy atom. The second-order valence-electron chi connectivity index (χ2n) is 29.7. The van der Waals surface area contributed by atoms with E-state index in [0.29, 0.717) is 37.5 Å². The van der Waals surface area contributed by atoms with Gasteiger partial charge < -0.3 is 33.8 Å². The molecule has 3 N–H and O–H groups in total. The molecule has 0 amide bonds. The van der Waals surface area contributed by atoms with E-state index in [-0.39, 0.29) is 25.7 Å². The van der Waals surface area contributed by atoms with Gasteiger partial charge in [-0.05, 0) is 49.4 Å². The van der Waals surface area contributed by atoms with Gasteiger partial charge in [0.25, 0.3) is 0 Å². The first-order valence-corrected chi connectivity index (χ1v) is 42.7. The average Bonchev–Trinajstić information content (AvgIpc) is 1.56. The van der Waals surface area contributed by atoms with Crippen molar-refractivity contribution in [2.24, 2.45) is 23.7 Å². The molecule has 570 valence electrons.